The van der Waals surface area contributed by atoms with E-state index < -0.39 is 30.2 Å². The minimum Gasteiger partial charge on any atom is -0.455 e. The second-order valence-electron chi connectivity index (χ2n) is 5.73. The molecule has 2 N–H and O–H groups in total. The van der Waals surface area contributed by atoms with Crippen LogP contribution in [0.3, 0.4) is 0 Å². The van der Waals surface area contributed by atoms with E-state index in [1.54, 1.807) is 12.1 Å². The lowest BCUT2D eigenvalue weighted by atomic mass is 10.3. The van der Waals surface area contributed by atoms with Crippen LogP contribution < -0.4 is 10.6 Å². The van der Waals surface area contributed by atoms with Crippen molar-refractivity contribution in [2.45, 2.75) is 5.22 Å². The quantitative estimate of drug-likeness (QED) is 0.428. The van der Waals surface area contributed by atoms with E-state index >= 15 is 0 Å². The number of hydrogen-bond acceptors (Lipinski definition) is 7. The van der Waals surface area contributed by atoms with E-state index in [2.05, 4.69) is 15.6 Å². The average molecular weight is 417 g/mol. The van der Waals surface area contributed by atoms with Crippen LogP contribution in [0.2, 0.25) is 0 Å². The van der Waals surface area contributed by atoms with Gasteiger partial charge in [0.2, 0.25) is 5.91 Å². The third-order valence-corrected chi connectivity index (χ3v) is 4.33. The Labute approximate surface area is 168 Å². The molecule has 0 atom stereocenters. The van der Waals surface area contributed by atoms with Gasteiger partial charge in [0, 0.05) is 5.69 Å². The van der Waals surface area contributed by atoms with Crippen LogP contribution in [0.25, 0.3) is 11.1 Å². The number of nitrogens with zero attached hydrogens (tertiary/aromatic N) is 1. The second-order valence-corrected chi connectivity index (χ2v) is 6.66. The molecule has 0 aliphatic heterocycles. The van der Waals surface area contributed by atoms with E-state index in [0.717, 1.165) is 11.8 Å². The molecule has 0 bridgehead atoms. The highest BCUT2D eigenvalue weighted by molar-refractivity contribution is 7.99. The number of thioether (sulfide) groups is 1. The minimum absolute atomic E-state index is 0.0782. The summed E-state index contributed by atoms with van der Waals surface area (Å²) in [6, 6.07) is 12.4. The number of oxazole rings is 1. The number of rotatable bonds is 8. The number of ether oxygens (including phenoxy) is 1. The summed E-state index contributed by atoms with van der Waals surface area (Å²) in [5.74, 6) is -2.25. The number of nitrogens with one attached hydrogen (secondary N) is 2. The SMILES string of the molecule is O=C(COC(=O)CSc1nc2ccccc2o1)NCC(=O)Nc1ccc(F)cc1. The third kappa shape index (κ3) is 6.32. The Morgan fingerprint density at radius 1 is 1.07 bits per heavy atom. The monoisotopic (exact) mass is 417 g/mol. The normalized spacial score (nSPS) is 10.5. The van der Waals surface area contributed by atoms with Gasteiger partial charge in [-0.2, -0.15) is 0 Å². The van der Waals surface area contributed by atoms with Gasteiger partial charge in [-0.3, -0.25) is 14.4 Å². The van der Waals surface area contributed by atoms with Crippen LogP contribution in [-0.4, -0.2) is 41.7 Å². The maximum absolute atomic E-state index is 12.8. The molecular weight excluding hydrogens is 401 g/mol. The Kier molecular flexibility index (Phi) is 6.80. The van der Waals surface area contributed by atoms with Crippen LogP contribution in [0.4, 0.5) is 10.1 Å². The van der Waals surface area contributed by atoms with Crippen molar-refractivity contribution in [1.82, 2.24) is 10.3 Å². The van der Waals surface area contributed by atoms with Crippen LogP contribution in [0.15, 0.2) is 58.2 Å². The highest BCUT2D eigenvalue weighted by Crippen LogP contribution is 2.23. The zero-order valence-corrected chi connectivity index (χ0v) is 15.8. The first kappa shape index (κ1) is 20.3. The van der Waals surface area contributed by atoms with Crippen molar-refractivity contribution in [2.24, 2.45) is 0 Å². The molecule has 3 rings (SSSR count). The van der Waals surface area contributed by atoms with Crippen molar-refractivity contribution >= 4 is 46.3 Å². The molecule has 8 nitrogen and oxygen atoms in total. The number of fused-ring (bicyclic) bond motifs is 1. The summed E-state index contributed by atoms with van der Waals surface area (Å²) in [7, 11) is 0. The Morgan fingerprint density at radius 2 is 1.83 bits per heavy atom. The number of aromatic nitrogens is 1. The molecule has 29 heavy (non-hydrogen) atoms. The van der Waals surface area contributed by atoms with Crippen LogP contribution >= 0.6 is 11.8 Å². The van der Waals surface area contributed by atoms with E-state index in [1.807, 2.05) is 12.1 Å². The number of esters is 1. The van der Waals surface area contributed by atoms with E-state index in [-0.39, 0.29) is 12.3 Å². The van der Waals surface area contributed by atoms with E-state index in [4.69, 9.17) is 9.15 Å². The Hall–Kier alpha value is -3.40. The molecule has 0 spiro atoms. The summed E-state index contributed by atoms with van der Waals surface area (Å²) in [6.45, 7) is -0.831. The van der Waals surface area contributed by atoms with Crippen LogP contribution in [0.1, 0.15) is 0 Å². The molecule has 2 aromatic carbocycles. The number of para-hydroxylation sites is 2. The van der Waals surface area contributed by atoms with Gasteiger partial charge in [-0.05, 0) is 36.4 Å². The number of carbonyl (C=O) groups is 3. The predicted molar refractivity (Wildman–Crippen MR) is 104 cm³/mol. The maximum atomic E-state index is 12.8. The smallest absolute Gasteiger partial charge is 0.316 e. The molecule has 0 aliphatic rings. The largest absolute Gasteiger partial charge is 0.455 e. The summed E-state index contributed by atoms with van der Waals surface area (Å²) < 4.78 is 23.1. The molecule has 0 saturated heterocycles. The fourth-order valence-electron chi connectivity index (χ4n) is 2.19. The number of halogens is 1. The average Bonchev–Trinajstić information content (AvgIpc) is 3.14. The number of benzene rings is 2. The van der Waals surface area contributed by atoms with Gasteiger partial charge in [-0.15, -0.1) is 0 Å². The Bertz CT molecular complexity index is 989. The molecule has 1 heterocycles. The van der Waals surface area contributed by atoms with Crippen molar-refractivity contribution in [2.75, 3.05) is 24.2 Å². The summed E-state index contributed by atoms with van der Waals surface area (Å²) in [4.78, 5) is 39.4. The fraction of sp³-hybridized carbons (Fsp3) is 0.158. The Balaban J connectivity index is 1.33. The first-order valence-corrected chi connectivity index (χ1v) is 9.44. The first-order chi connectivity index (χ1) is 14.0. The highest BCUT2D eigenvalue weighted by atomic mass is 32.2. The molecule has 10 heteroatoms. The van der Waals surface area contributed by atoms with Crippen molar-refractivity contribution in [3.63, 3.8) is 0 Å². The van der Waals surface area contributed by atoms with Gasteiger partial charge in [0.15, 0.2) is 12.2 Å². The molecule has 0 fully saturated rings. The van der Waals surface area contributed by atoms with Crippen LogP contribution in [-0.2, 0) is 19.1 Å². The van der Waals surface area contributed by atoms with Gasteiger partial charge in [-0.25, -0.2) is 9.37 Å². The zero-order valence-electron chi connectivity index (χ0n) is 15.0. The van der Waals surface area contributed by atoms with Crippen LogP contribution in [0, 0.1) is 5.82 Å². The van der Waals surface area contributed by atoms with Crippen molar-refractivity contribution in [3.8, 4) is 0 Å². The highest BCUT2D eigenvalue weighted by Gasteiger charge is 2.12. The molecule has 2 amide bonds. The van der Waals surface area contributed by atoms with E-state index in [9.17, 15) is 18.8 Å². The summed E-state index contributed by atoms with van der Waals surface area (Å²) in [5, 5.41) is 5.14. The molecule has 0 radical (unpaired) electrons. The number of anilines is 1. The Morgan fingerprint density at radius 3 is 2.59 bits per heavy atom. The number of carbonyl (C=O) groups excluding carboxylic acids is 3. The molecule has 1 aromatic heterocycles. The lowest BCUT2D eigenvalue weighted by Gasteiger charge is -2.07. The van der Waals surface area contributed by atoms with Gasteiger partial charge in [0.1, 0.15) is 17.1 Å². The van der Waals surface area contributed by atoms with Crippen molar-refractivity contribution in [3.05, 3.63) is 54.3 Å². The summed E-state index contributed by atoms with van der Waals surface area (Å²) >= 11 is 1.05. The van der Waals surface area contributed by atoms with Gasteiger partial charge < -0.3 is 19.8 Å². The molecular formula is C19H16FN3O5S. The van der Waals surface area contributed by atoms with Gasteiger partial charge in [-0.1, -0.05) is 23.9 Å². The molecule has 150 valence electrons. The molecule has 3 aromatic rings. The maximum Gasteiger partial charge on any atom is 0.316 e. The lowest BCUT2D eigenvalue weighted by molar-refractivity contribution is -0.146. The van der Waals surface area contributed by atoms with Crippen molar-refractivity contribution in [1.29, 1.82) is 0 Å². The second kappa shape index (κ2) is 9.69. The lowest BCUT2D eigenvalue weighted by Crippen LogP contribution is -2.35. The number of amides is 2. The zero-order chi connectivity index (χ0) is 20.6. The predicted octanol–water partition coefficient (Wildman–Crippen LogP) is 2.36. The van der Waals surface area contributed by atoms with Gasteiger partial charge in [0.25, 0.3) is 11.1 Å². The fourth-order valence-corrected chi connectivity index (χ4v) is 2.83. The molecule has 0 saturated carbocycles. The third-order valence-electron chi connectivity index (χ3n) is 3.53. The summed E-state index contributed by atoms with van der Waals surface area (Å²) in [5.41, 5.74) is 1.69. The van der Waals surface area contributed by atoms with E-state index in [0.29, 0.717) is 22.0 Å². The van der Waals surface area contributed by atoms with Gasteiger partial charge >= 0.3 is 5.97 Å². The van der Waals surface area contributed by atoms with Crippen LogP contribution in [0.5, 0.6) is 0 Å². The van der Waals surface area contributed by atoms with Crippen molar-refractivity contribution < 1.29 is 27.9 Å². The standard InChI is InChI=1S/C19H16FN3O5S/c20-12-5-7-13(8-6-12)22-16(24)9-21-17(25)10-27-18(26)11-29-19-23-14-3-1-2-4-15(14)28-19/h1-8H,9-11H2,(H,21,25)(H,22,24). The summed E-state index contributed by atoms with van der Waals surface area (Å²) in [6.07, 6.45) is 0. The molecule has 0 aliphatic carbocycles. The molecule has 0 unspecified atom stereocenters. The topological polar surface area (TPSA) is 111 Å². The van der Waals surface area contributed by atoms with E-state index in [1.165, 1.54) is 24.3 Å². The number of hydrogen-bond donors (Lipinski definition) is 2. The minimum atomic E-state index is -0.625. The first-order valence-electron chi connectivity index (χ1n) is 8.46. The van der Waals surface area contributed by atoms with Gasteiger partial charge in [0.05, 0.1) is 6.54 Å².